The van der Waals surface area contributed by atoms with Gasteiger partial charge < -0.3 is 20.1 Å². The Kier molecular flexibility index (Phi) is 7.42. The summed E-state index contributed by atoms with van der Waals surface area (Å²) in [6, 6.07) is 3.37. The quantitative estimate of drug-likeness (QED) is 0.763. The molecule has 1 amide bonds. The molecule has 1 aromatic rings. The Bertz CT molecular complexity index is 471. The van der Waals surface area contributed by atoms with Crippen molar-refractivity contribution < 1.29 is 14.6 Å². The van der Waals surface area contributed by atoms with Gasteiger partial charge >= 0.3 is 0 Å². The zero-order chi connectivity index (χ0) is 15.8. The number of hydrogen-bond donors (Lipinski definition) is 2. The third-order valence-corrected chi connectivity index (χ3v) is 3.10. The standard InChI is InChI=1S/C14H22ClN3O3/c1-4-7-16-12-6-5-11(15)13(17-12)14(20)18(2)8-10(19)9-21-3/h5-6,10,19H,4,7-9H2,1-3H3,(H,16,17). The van der Waals surface area contributed by atoms with Crippen LogP contribution in [0.4, 0.5) is 5.82 Å². The number of rotatable bonds is 8. The molecule has 0 fully saturated rings. The molecule has 1 unspecified atom stereocenters. The number of anilines is 1. The number of aliphatic hydroxyl groups is 1. The number of hydrogen-bond acceptors (Lipinski definition) is 5. The highest BCUT2D eigenvalue weighted by molar-refractivity contribution is 6.33. The van der Waals surface area contributed by atoms with Gasteiger partial charge in [0.25, 0.3) is 5.91 Å². The number of ether oxygens (including phenoxy) is 1. The zero-order valence-corrected chi connectivity index (χ0v) is 13.4. The molecule has 0 bridgehead atoms. The number of aliphatic hydroxyl groups excluding tert-OH is 1. The monoisotopic (exact) mass is 315 g/mol. The molecule has 1 atom stereocenters. The largest absolute Gasteiger partial charge is 0.389 e. The van der Waals surface area contributed by atoms with Crippen molar-refractivity contribution in [3.63, 3.8) is 0 Å². The van der Waals surface area contributed by atoms with E-state index < -0.39 is 6.10 Å². The first-order valence-corrected chi connectivity index (χ1v) is 7.20. The van der Waals surface area contributed by atoms with E-state index in [2.05, 4.69) is 10.3 Å². The van der Waals surface area contributed by atoms with Crippen LogP contribution in [0.5, 0.6) is 0 Å². The normalized spacial score (nSPS) is 12.0. The molecule has 1 aromatic heterocycles. The van der Waals surface area contributed by atoms with Crippen molar-refractivity contribution >= 4 is 23.3 Å². The lowest BCUT2D eigenvalue weighted by atomic mass is 10.2. The molecular formula is C14H22ClN3O3. The predicted molar refractivity (Wildman–Crippen MR) is 82.9 cm³/mol. The molecule has 0 saturated heterocycles. The van der Waals surface area contributed by atoms with Crippen molar-refractivity contribution in [2.75, 3.05) is 39.2 Å². The van der Waals surface area contributed by atoms with Crippen LogP contribution in [0.15, 0.2) is 12.1 Å². The lowest BCUT2D eigenvalue weighted by Gasteiger charge is -2.20. The average molecular weight is 316 g/mol. The Morgan fingerprint density at radius 1 is 1.57 bits per heavy atom. The van der Waals surface area contributed by atoms with Crippen LogP contribution in [0.1, 0.15) is 23.8 Å². The number of halogens is 1. The van der Waals surface area contributed by atoms with Gasteiger partial charge in [0.05, 0.1) is 17.7 Å². The maximum atomic E-state index is 12.3. The minimum Gasteiger partial charge on any atom is -0.389 e. The smallest absolute Gasteiger partial charge is 0.273 e. The van der Waals surface area contributed by atoms with Gasteiger partial charge in [0, 0.05) is 27.2 Å². The van der Waals surface area contributed by atoms with Crippen molar-refractivity contribution in [3.8, 4) is 0 Å². The molecule has 0 aliphatic rings. The molecule has 118 valence electrons. The lowest BCUT2D eigenvalue weighted by Crippen LogP contribution is -2.36. The fourth-order valence-corrected chi connectivity index (χ4v) is 1.95. The second kappa shape index (κ2) is 8.81. The fraction of sp³-hybridized carbons (Fsp3) is 0.571. The minimum atomic E-state index is -0.746. The van der Waals surface area contributed by atoms with E-state index in [-0.39, 0.29) is 29.8 Å². The Labute approximate surface area is 130 Å². The van der Waals surface area contributed by atoms with Gasteiger partial charge in [-0.2, -0.15) is 0 Å². The Morgan fingerprint density at radius 3 is 2.90 bits per heavy atom. The summed E-state index contributed by atoms with van der Waals surface area (Å²) in [5.41, 5.74) is 0.171. The summed E-state index contributed by atoms with van der Waals surface area (Å²) in [6.45, 7) is 3.12. The summed E-state index contributed by atoms with van der Waals surface area (Å²) in [4.78, 5) is 17.9. The molecule has 6 nitrogen and oxygen atoms in total. The third-order valence-electron chi connectivity index (χ3n) is 2.80. The second-order valence-electron chi connectivity index (χ2n) is 4.75. The van der Waals surface area contributed by atoms with E-state index in [4.69, 9.17) is 16.3 Å². The molecular weight excluding hydrogens is 294 g/mol. The van der Waals surface area contributed by atoms with Gasteiger partial charge in [-0.25, -0.2) is 4.98 Å². The predicted octanol–water partition coefficient (Wildman–Crippen LogP) is 1.64. The maximum Gasteiger partial charge on any atom is 0.273 e. The highest BCUT2D eigenvalue weighted by atomic mass is 35.5. The number of aromatic nitrogens is 1. The SMILES string of the molecule is CCCNc1ccc(Cl)c(C(=O)N(C)CC(O)COC)n1. The number of amides is 1. The van der Waals surface area contributed by atoms with Gasteiger partial charge in [0.2, 0.25) is 0 Å². The lowest BCUT2D eigenvalue weighted by molar-refractivity contribution is 0.0378. The molecule has 1 heterocycles. The molecule has 1 rings (SSSR count). The molecule has 7 heteroatoms. The molecule has 0 aliphatic heterocycles. The van der Waals surface area contributed by atoms with Gasteiger partial charge in [0.1, 0.15) is 11.5 Å². The van der Waals surface area contributed by atoms with Crippen LogP contribution < -0.4 is 5.32 Å². The molecule has 0 spiro atoms. The van der Waals surface area contributed by atoms with E-state index in [0.29, 0.717) is 5.82 Å². The summed E-state index contributed by atoms with van der Waals surface area (Å²) < 4.78 is 4.84. The summed E-state index contributed by atoms with van der Waals surface area (Å²) >= 11 is 6.04. The first-order chi connectivity index (χ1) is 9.99. The zero-order valence-electron chi connectivity index (χ0n) is 12.6. The topological polar surface area (TPSA) is 74.7 Å². The van der Waals surface area contributed by atoms with E-state index in [9.17, 15) is 9.90 Å². The third kappa shape index (κ3) is 5.49. The van der Waals surface area contributed by atoms with Crippen LogP contribution in [0, 0.1) is 0 Å². The highest BCUT2D eigenvalue weighted by Gasteiger charge is 2.19. The number of pyridine rings is 1. The van der Waals surface area contributed by atoms with E-state index >= 15 is 0 Å². The minimum absolute atomic E-state index is 0.150. The second-order valence-corrected chi connectivity index (χ2v) is 5.16. The molecule has 2 N–H and O–H groups in total. The van der Waals surface area contributed by atoms with Crippen molar-refractivity contribution in [1.29, 1.82) is 0 Å². The molecule has 0 saturated carbocycles. The van der Waals surface area contributed by atoms with Crippen LogP contribution in [0.2, 0.25) is 5.02 Å². The van der Waals surface area contributed by atoms with Gasteiger partial charge in [-0.05, 0) is 18.6 Å². The Balaban J connectivity index is 2.80. The van der Waals surface area contributed by atoms with Gasteiger partial charge in [0.15, 0.2) is 0 Å². The number of methoxy groups -OCH3 is 1. The Hall–Kier alpha value is -1.37. The van der Waals surface area contributed by atoms with Crippen molar-refractivity contribution in [2.24, 2.45) is 0 Å². The number of nitrogens with one attached hydrogen (secondary N) is 1. The van der Waals surface area contributed by atoms with E-state index in [1.165, 1.54) is 12.0 Å². The number of carbonyl (C=O) groups is 1. The number of likely N-dealkylation sites (N-methyl/N-ethyl adjacent to an activating group) is 1. The summed E-state index contributed by atoms with van der Waals surface area (Å²) in [5, 5.41) is 13.1. The summed E-state index contributed by atoms with van der Waals surface area (Å²) in [7, 11) is 3.08. The average Bonchev–Trinajstić information content (AvgIpc) is 2.45. The van der Waals surface area contributed by atoms with Crippen LogP contribution in [0.3, 0.4) is 0 Å². The maximum absolute atomic E-state index is 12.3. The molecule has 21 heavy (non-hydrogen) atoms. The fourth-order valence-electron chi connectivity index (χ4n) is 1.77. The highest BCUT2D eigenvalue weighted by Crippen LogP contribution is 2.18. The molecule has 0 aliphatic carbocycles. The van der Waals surface area contributed by atoms with Crippen molar-refractivity contribution in [3.05, 3.63) is 22.8 Å². The number of carbonyl (C=O) groups excluding carboxylic acids is 1. The van der Waals surface area contributed by atoms with Gasteiger partial charge in [-0.3, -0.25) is 4.79 Å². The van der Waals surface area contributed by atoms with E-state index in [0.717, 1.165) is 13.0 Å². The van der Waals surface area contributed by atoms with Gasteiger partial charge in [-0.1, -0.05) is 18.5 Å². The van der Waals surface area contributed by atoms with Crippen molar-refractivity contribution in [2.45, 2.75) is 19.4 Å². The van der Waals surface area contributed by atoms with E-state index in [1.807, 2.05) is 6.92 Å². The Morgan fingerprint density at radius 2 is 2.29 bits per heavy atom. The van der Waals surface area contributed by atoms with Crippen LogP contribution >= 0.6 is 11.6 Å². The van der Waals surface area contributed by atoms with Crippen molar-refractivity contribution in [1.82, 2.24) is 9.88 Å². The van der Waals surface area contributed by atoms with Crippen LogP contribution in [0.25, 0.3) is 0 Å². The summed E-state index contributed by atoms with van der Waals surface area (Å²) in [5.74, 6) is 0.269. The van der Waals surface area contributed by atoms with E-state index in [1.54, 1.807) is 19.2 Å². The summed E-state index contributed by atoms with van der Waals surface area (Å²) in [6.07, 6.45) is 0.209. The first-order valence-electron chi connectivity index (χ1n) is 6.82. The van der Waals surface area contributed by atoms with Crippen LogP contribution in [-0.4, -0.2) is 60.9 Å². The number of nitrogens with zero attached hydrogens (tertiary/aromatic N) is 2. The first kappa shape index (κ1) is 17.7. The van der Waals surface area contributed by atoms with Gasteiger partial charge in [-0.15, -0.1) is 0 Å². The molecule has 0 aromatic carbocycles. The molecule has 0 radical (unpaired) electrons. The van der Waals surface area contributed by atoms with Crippen LogP contribution in [-0.2, 0) is 4.74 Å².